The first-order valence-corrected chi connectivity index (χ1v) is 10.0. The van der Waals surface area contributed by atoms with Gasteiger partial charge in [0.15, 0.2) is 0 Å². The van der Waals surface area contributed by atoms with E-state index in [4.69, 9.17) is 12.2 Å². The molecule has 146 valence electrons. The maximum Gasteiger partial charge on any atom is 0.267 e. The lowest BCUT2D eigenvalue weighted by Crippen LogP contribution is -2.51. The van der Waals surface area contributed by atoms with Gasteiger partial charge in [0, 0.05) is 12.6 Å². The SMILES string of the molecule is CN1C(=O)C(=C2SC(=S)N(C(Cc3ccccc3)C(=O)[O-])C2=O)c2ccccc21. The third-order valence-corrected chi connectivity index (χ3v) is 6.34. The summed E-state index contributed by atoms with van der Waals surface area (Å²) in [6.45, 7) is 0. The van der Waals surface area contributed by atoms with E-state index in [0.29, 0.717) is 11.3 Å². The summed E-state index contributed by atoms with van der Waals surface area (Å²) in [6.07, 6.45) is 0.0582. The number of amides is 2. The Balaban J connectivity index is 1.75. The molecule has 6 nitrogen and oxygen atoms in total. The summed E-state index contributed by atoms with van der Waals surface area (Å²) < 4.78 is 0.0995. The van der Waals surface area contributed by atoms with Gasteiger partial charge in [-0.25, -0.2) is 0 Å². The number of fused-ring (bicyclic) bond motifs is 1. The molecule has 2 aliphatic heterocycles. The van der Waals surface area contributed by atoms with E-state index in [1.165, 1.54) is 4.90 Å². The van der Waals surface area contributed by atoms with Crippen LogP contribution in [0.5, 0.6) is 0 Å². The Morgan fingerprint density at radius 1 is 1.07 bits per heavy atom. The standard InChI is InChI=1S/C21H16N2O4S2/c1-22-14-10-6-5-9-13(14)16(18(22)24)17-19(25)23(21(28)29-17)15(20(26)27)11-12-7-3-2-4-8-12/h2-10,15H,11H2,1H3,(H,26,27)/p-1. The molecule has 0 saturated carbocycles. The minimum atomic E-state index is -1.40. The van der Waals surface area contributed by atoms with Crippen LogP contribution in [0.25, 0.3) is 5.57 Å². The molecule has 8 heteroatoms. The van der Waals surface area contributed by atoms with Gasteiger partial charge in [0.05, 0.1) is 28.2 Å². The van der Waals surface area contributed by atoms with Crippen molar-refractivity contribution in [3.8, 4) is 0 Å². The number of carboxylic acid groups (broad SMARTS) is 1. The molecule has 1 fully saturated rings. The smallest absolute Gasteiger partial charge is 0.267 e. The fourth-order valence-electron chi connectivity index (χ4n) is 3.51. The zero-order valence-electron chi connectivity index (χ0n) is 15.3. The molecule has 2 heterocycles. The molecule has 2 amide bonds. The van der Waals surface area contributed by atoms with Crippen molar-refractivity contribution in [1.82, 2.24) is 4.90 Å². The van der Waals surface area contributed by atoms with E-state index in [1.54, 1.807) is 49.5 Å². The highest BCUT2D eigenvalue weighted by atomic mass is 32.2. The van der Waals surface area contributed by atoms with Crippen LogP contribution in [0.4, 0.5) is 5.69 Å². The first-order valence-electron chi connectivity index (χ1n) is 8.82. The van der Waals surface area contributed by atoms with Gasteiger partial charge in [-0.3, -0.25) is 14.5 Å². The molecule has 1 saturated heterocycles. The fourth-order valence-corrected chi connectivity index (χ4v) is 4.93. The summed E-state index contributed by atoms with van der Waals surface area (Å²) in [5, 5.41) is 11.9. The van der Waals surface area contributed by atoms with E-state index >= 15 is 0 Å². The summed E-state index contributed by atoms with van der Waals surface area (Å²) in [4.78, 5) is 40.5. The number of aliphatic carboxylic acids is 1. The predicted octanol–water partition coefficient (Wildman–Crippen LogP) is 1.60. The first kappa shape index (κ1) is 19.4. The lowest BCUT2D eigenvalue weighted by atomic mass is 10.0. The molecule has 0 N–H and O–H groups in total. The van der Waals surface area contributed by atoms with Crippen LogP contribution >= 0.6 is 24.0 Å². The third-order valence-electron chi connectivity index (χ3n) is 4.94. The van der Waals surface area contributed by atoms with Crippen LogP contribution in [0.1, 0.15) is 11.1 Å². The van der Waals surface area contributed by atoms with Crippen molar-refractivity contribution in [1.29, 1.82) is 0 Å². The van der Waals surface area contributed by atoms with E-state index in [0.717, 1.165) is 22.2 Å². The van der Waals surface area contributed by atoms with Gasteiger partial charge < -0.3 is 14.8 Å². The van der Waals surface area contributed by atoms with Crippen molar-refractivity contribution in [3.05, 3.63) is 70.6 Å². The van der Waals surface area contributed by atoms with Gasteiger partial charge in [-0.1, -0.05) is 72.5 Å². The van der Waals surface area contributed by atoms with Crippen molar-refractivity contribution >= 4 is 57.3 Å². The van der Waals surface area contributed by atoms with Gasteiger partial charge in [0.2, 0.25) is 0 Å². The van der Waals surface area contributed by atoms with Crippen LogP contribution in [-0.4, -0.2) is 40.1 Å². The summed E-state index contributed by atoms with van der Waals surface area (Å²) in [7, 11) is 1.63. The van der Waals surface area contributed by atoms with Crippen LogP contribution in [-0.2, 0) is 20.8 Å². The number of thioether (sulfide) groups is 1. The lowest BCUT2D eigenvalue weighted by molar-refractivity contribution is -0.310. The molecular formula is C21H15N2O4S2-. The molecule has 2 aromatic carbocycles. The van der Waals surface area contributed by atoms with Gasteiger partial charge in [0.1, 0.15) is 4.32 Å². The number of anilines is 1. The molecule has 0 bridgehead atoms. The number of carbonyl (C=O) groups is 3. The average molecular weight is 423 g/mol. The maximum absolute atomic E-state index is 13.2. The van der Waals surface area contributed by atoms with Gasteiger partial charge in [0.25, 0.3) is 11.8 Å². The topological polar surface area (TPSA) is 80.8 Å². The van der Waals surface area contributed by atoms with Crippen molar-refractivity contribution in [2.75, 3.05) is 11.9 Å². The van der Waals surface area contributed by atoms with Crippen molar-refractivity contribution in [2.45, 2.75) is 12.5 Å². The van der Waals surface area contributed by atoms with Crippen LogP contribution < -0.4 is 10.0 Å². The highest BCUT2D eigenvalue weighted by Gasteiger charge is 2.43. The summed E-state index contributed by atoms with van der Waals surface area (Å²) in [6, 6.07) is 14.8. The average Bonchev–Trinajstić information content (AvgIpc) is 3.14. The largest absolute Gasteiger partial charge is 0.548 e. The van der Waals surface area contributed by atoms with E-state index in [2.05, 4.69) is 0 Å². The van der Waals surface area contributed by atoms with Crippen molar-refractivity contribution < 1.29 is 19.5 Å². The van der Waals surface area contributed by atoms with Gasteiger partial charge in [-0.05, 0) is 18.1 Å². The van der Waals surface area contributed by atoms with Crippen molar-refractivity contribution in [3.63, 3.8) is 0 Å². The number of para-hydroxylation sites is 1. The van der Waals surface area contributed by atoms with E-state index in [1.807, 2.05) is 12.1 Å². The van der Waals surface area contributed by atoms with Crippen LogP contribution in [0.15, 0.2) is 59.5 Å². The van der Waals surface area contributed by atoms with Crippen LogP contribution in [0, 0.1) is 0 Å². The van der Waals surface area contributed by atoms with E-state index < -0.39 is 17.9 Å². The Morgan fingerprint density at radius 3 is 2.41 bits per heavy atom. The monoisotopic (exact) mass is 423 g/mol. The number of carboxylic acids is 1. The number of carbonyl (C=O) groups excluding carboxylic acids is 3. The molecule has 1 unspecified atom stereocenters. The Bertz CT molecular complexity index is 1080. The second-order valence-electron chi connectivity index (χ2n) is 6.65. The Hall–Kier alpha value is -2.97. The summed E-state index contributed by atoms with van der Waals surface area (Å²) in [5.74, 6) is -2.30. The molecule has 1 atom stereocenters. The predicted molar refractivity (Wildman–Crippen MR) is 113 cm³/mol. The normalized spacial score (nSPS) is 19.7. The van der Waals surface area contributed by atoms with Gasteiger partial charge in [-0.2, -0.15) is 0 Å². The number of hydrogen-bond acceptors (Lipinski definition) is 6. The second-order valence-corrected chi connectivity index (χ2v) is 8.30. The number of thiocarbonyl (C=S) groups is 1. The lowest BCUT2D eigenvalue weighted by Gasteiger charge is -2.27. The third kappa shape index (κ3) is 3.24. The van der Waals surface area contributed by atoms with Crippen molar-refractivity contribution in [2.24, 2.45) is 0 Å². The summed E-state index contributed by atoms with van der Waals surface area (Å²) >= 11 is 6.28. The number of benzene rings is 2. The summed E-state index contributed by atoms with van der Waals surface area (Å²) in [5.41, 5.74) is 2.32. The van der Waals surface area contributed by atoms with Gasteiger partial charge >= 0.3 is 0 Å². The van der Waals surface area contributed by atoms with E-state index in [9.17, 15) is 19.5 Å². The highest BCUT2D eigenvalue weighted by Crippen LogP contribution is 2.44. The molecule has 0 radical (unpaired) electrons. The zero-order valence-corrected chi connectivity index (χ0v) is 17.0. The number of likely N-dealkylation sites (N-methyl/N-ethyl adjacent to an activating group) is 1. The number of hydrogen-bond donors (Lipinski definition) is 0. The minimum absolute atomic E-state index is 0.0582. The second kappa shape index (κ2) is 7.46. The highest BCUT2D eigenvalue weighted by molar-refractivity contribution is 8.26. The fraction of sp³-hybridized carbons (Fsp3) is 0.143. The zero-order chi connectivity index (χ0) is 20.7. The minimum Gasteiger partial charge on any atom is -0.548 e. The molecule has 29 heavy (non-hydrogen) atoms. The van der Waals surface area contributed by atoms with Crippen LogP contribution in [0.3, 0.4) is 0 Å². The molecule has 0 aromatic heterocycles. The molecule has 0 spiro atoms. The number of nitrogens with zero attached hydrogens (tertiary/aromatic N) is 2. The first-order chi connectivity index (χ1) is 13.9. The molecule has 0 aliphatic carbocycles. The Labute approximate surface area is 176 Å². The van der Waals surface area contributed by atoms with Gasteiger partial charge in [-0.15, -0.1) is 0 Å². The molecule has 2 aromatic rings. The van der Waals surface area contributed by atoms with Crippen LogP contribution in [0.2, 0.25) is 0 Å². The molecule has 4 rings (SSSR count). The molecular weight excluding hydrogens is 408 g/mol. The quantitative estimate of drug-likeness (QED) is 0.549. The molecule has 2 aliphatic rings. The maximum atomic E-state index is 13.2. The number of rotatable bonds is 4. The van der Waals surface area contributed by atoms with E-state index in [-0.39, 0.29) is 27.1 Å². The Morgan fingerprint density at radius 2 is 1.72 bits per heavy atom. The Kier molecular flexibility index (Phi) is 4.97.